The highest BCUT2D eigenvalue weighted by Gasteiger charge is 2.36. The van der Waals surface area contributed by atoms with Gasteiger partial charge in [0.15, 0.2) is 5.01 Å². The number of sulfonamides is 1. The number of methoxy groups -OCH3 is 1. The minimum absolute atomic E-state index is 0.225. The first-order valence-corrected chi connectivity index (χ1v) is 13.4. The van der Waals surface area contributed by atoms with E-state index in [0.29, 0.717) is 47.3 Å². The summed E-state index contributed by atoms with van der Waals surface area (Å²) in [6.07, 6.45) is 7.01. The lowest BCUT2D eigenvalue weighted by Gasteiger charge is -2.23. The second kappa shape index (κ2) is 10.6. The van der Waals surface area contributed by atoms with Crippen molar-refractivity contribution in [3.05, 3.63) is 47.6 Å². The Hall–Kier alpha value is -3.16. The topological polar surface area (TPSA) is 145 Å². The number of nitrogens with one attached hydrogen (secondary N) is 2. The third kappa shape index (κ3) is 6.10. The van der Waals surface area contributed by atoms with E-state index in [1.807, 2.05) is 6.92 Å². The van der Waals surface area contributed by atoms with Crippen LogP contribution in [-0.4, -0.2) is 59.3 Å². The third-order valence-corrected chi connectivity index (χ3v) is 8.20. The SMILES string of the molecule is CCOc1cncc(-c2cnc(C(=O)N[C@H](c3cc(NS(=O)(=O)C4CC4)ccn3)[C@H](C)OC)s2)n1. The molecule has 0 aromatic carbocycles. The van der Waals surface area contributed by atoms with Crippen LogP contribution in [0, 0.1) is 0 Å². The number of hydrogen-bond donors (Lipinski definition) is 2. The highest BCUT2D eigenvalue weighted by molar-refractivity contribution is 7.93. The Morgan fingerprint density at radius 3 is 2.77 bits per heavy atom. The molecule has 3 heterocycles. The normalized spacial score (nSPS) is 15.3. The quantitative estimate of drug-likeness (QED) is 0.391. The van der Waals surface area contributed by atoms with Crippen LogP contribution in [0.5, 0.6) is 5.88 Å². The Labute approximate surface area is 207 Å². The molecule has 1 amide bonds. The van der Waals surface area contributed by atoms with Crippen molar-refractivity contribution in [1.29, 1.82) is 0 Å². The number of rotatable bonds is 11. The molecule has 3 aromatic heterocycles. The van der Waals surface area contributed by atoms with Crippen LogP contribution >= 0.6 is 11.3 Å². The molecule has 1 aliphatic rings. The zero-order valence-corrected chi connectivity index (χ0v) is 21.1. The molecule has 11 nitrogen and oxygen atoms in total. The maximum Gasteiger partial charge on any atom is 0.280 e. The molecule has 4 rings (SSSR count). The molecule has 2 N–H and O–H groups in total. The van der Waals surface area contributed by atoms with Crippen molar-refractivity contribution in [1.82, 2.24) is 25.3 Å². The van der Waals surface area contributed by atoms with E-state index < -0.39 is 28.1 Å². The lowest BCUT2D eigenvalue weighted by atomic mass is 10.1. The van der Waals surface area contributed by atoms with Crippen LogP contribution in [0.25, 0.3) is 10.6 Å². The second-order valence-corrected chi connectivity index (χ2v) is 10.9. The van der Waals surface area contributed by atoms with Gasteiger partial charge in [-0.3, -0.25) is 19.5 Å². The number of pyridine rings is 1. The Morgan fingerprint density at radius 1 is 1.26 bits per heavy atom. The Morgan fingerprint density at radius 2 is 2.06 bits per heavy atom. The fourth-order valence-electron chi connectivity index (χ4n) is 3.26. The summed E-state index contributed by atoms with van der Waals surface area (Å²) in [4.78, 5) is 30.8. The fraction of sp³-hybridized carbons (Fsp3) is 0.409. The molecule has 0 saturated heterocycles. The van der Waals surface area contributed by atoms with Gasteiger partial charge in [-0.15, -0.1) is 11.3 Å². The second-order valence-electron chi connectivity index (χ2n) is 7.91. The molecule has 13 heteroatoms. The van der Waals surface area contributed by atoms with Crippen molar-refractivity contribution in [2.45, 2.75) is 44.1 Å². The molecule has 1 aliphatic carbocycles. The monoisotopic (exact) mass is 518 g/mol. The van der Waals surface area contributed by atoms with Gasteiger partial charge in [-0.05, 0) is 38.8 Å². The molecule has 0 bridgehead atoms. The van der Waals surface area contributed by atoms with Gasteiger partial charge >= 0.3 is 0 Å². The number of hydrogen-bond acceptors (Lipinski definition) is 10. The van der Waals surface area contributed by atoms with Crippen molar-refractivity contribution in [2.75, 3.05) is 18.4 Å². The van der Waals surface area contributed by atoms with Gasteiger partial charge in [-0.25, -0.2) is 18.4 Å². The Bertz CT molecular complexity index is 1290. The van der Waals surface area contributed by atoms with Crippen LogP contribution in [-0.2, 0) is 14.8 Å². The van der Waals surface area contributed by atoms with Gasteiger partial charge in [0.05, 0.1) is 52.7 Å². The van der Waals surface area contributed by atoms with E-state index in [4.69, 9.17) is 9.47 Å². The van der Waals surface area contributed by atoms with E-state index in [0.717, 1.165) is 11.3 Å². The van der Waals surface area contributed by atoms with Crippen LogP contribution in [0.3, 0.4) is 0 Å². The van der Waals surface area contributed by atoms with Gasteiger partial charge in [-0.2, -0.15) is 0 Å². The molecular formula is C22H26N6O5S2. The summed E-state index contributed by atoms with van der Waals surface area (Å²) in [7, 11) is -1.91. The highest BCUT2D eigenvalue weighted by Crippen LogP contribution is 2.30. The van der Waals surface area contributed by atoms with Crippen molar-refractivity contribution >= 4 is 33.0 Å². The zero-order chi connectivity index (χ0) is 25.0. The van der Waals surface area contributed by atoms with E-state index in [-0.39, 0.29) is 10.3 Å². The summed E-state index contributed by atoms with van der Waals surface area (Å²) >= 11 is 1.16. The molecule has 35 heavy (non-hydrogen) atoms. The number of carbonyl (C=O) groups is 1. The average molecular weight is 519 g/mol. The molecule has 0 unspecified atom stereocenters. The number of ether oxygens (including phenoxy) is 2. The van der Waals surface area contributed by atoms with Crippen LogP contribution in [0.1, 0.15) is 48.2 Å². The van der Waals surface area contributed by atoms with Gasteiger partial charge in [-0.1, -0.05) is 0 Å². The standard InChI is InChI=1S/C22H26N6O5S2/c1-4-33-19-12-23-10-17(26-19)18-11-25-22(34-18)21(29)27-20(13(2)32-3)16-9-14(7-8-24-16)28-35(30,31)15-5-6-15/h7-13,15,20H,4-6H2,1-3H3,(H,24,28)(H,27,29)/t13-,20-/m0/s1. The summed E-state index contributed by atoms with van der Waals surface area (Å²) in [5, 5.41) is 2.77. The van der Waals surface area contributed by atoms with E-state index in [1.165, 1.54) is 19.5 Å². The first kappa shape index (κ1) is 24.9. The van der Waals surface area contributed by atoms with Gasteiger partial charge in [0.1, 0.15) is 5.69 Å². The predicted octanol–water partition coefficient (Wildman–Crippen LogP) is 2.80. The minimum atomic E-state index is -3.43. The minimum Gasteiger partial charge on any atom is -0.477 e. The van der Waals surface area contributed by atoms with E-state index in [9.17, 15) is 13.2 Å². The first-order chi connectivity index (χ1) is 16.8. The van der Waals surface area contributed by atoms with Crippen molar-refractivity contribution < 1.29 is 22.7 Å². The van der Waals surface area contributed by atoms with Crippen molar-refractivity contribution in [3.8, 4) is 16.5 Å². The van der Waals surface area contributed by atoms with Crippen LogP contribution < -0.4 is 14.8 Å². The molecule has 3 aromatic rings. The van der Waals surface area contributed by atoms with E-state index >= 15 is 0 Å². The van der Waals surface area contributed by atoms with Crippen LogP contribution in [0.15, 0.2) is 36.9 Å². The van der Waals surface area contributed by atoms with Crippen molar-refractivity contribution in [2.24, 2.45) is 0 Å². The summed E-state index contributed by atoms with van der Waals surface area (Å²) in [6, 6.07) is 2.53. The number of thiazole rings is 1. The summed E-state index contributed by atoms with van der Waals surface area (Å²) < 4.78 is 38.1. The van der Waals surface area contributed by atoms with Crippen LogP contribution in [0.4, 0.5) is 5.69 Å². The molecule has 186 valence electrons. The molecule has 0 radical (unpaired) electrons. The fourth-order valence-corrected chi connectivity index (χ4v) is 5.41. The average Bonchev–Trinajstić information content (AvgIpc) is 3.60. The predicted molar refractivity (Wildman–Crippen MR) is 131 cm³/mol. The maximum absolute atomic E-state index is 13.1. The van der Waals surface area contributed by atoms with Gasteiger partial charge < -0.3 is 14.8 Å². The van der Waals surface area contributed by atoms with Gasteiger partial charge in [0.25, 0.3) is 5.91 Å². The summed E-state index contributed by atoms with van der Waals surface area (Å²) in [5.74, 6) is -0.0310. The largest absolute Gasteiger partial charge is 0.477 e. The Kier molecular flexibility index (Phi) is 7.57. The third-order valence-electron chi connectivity index (χ3n) is 5.31. The number of nitrogens with zero attached hydrogens (tertiary/aromatic N) is 4. The molecule has 2 atom stereocenters. The van der Waals surface area contributed by atoms with Gasteiger partial charge in [0, 0.05) is 19.5 Å². The number of anilines is 1. The van der Waals surface area contributed by atoms with Crippen LogP contribution in [0.2, 0.25) is 0 Å². The highest BCUT2D eigenvalue weighted by atomic mass is 32.2. The number of amides is 1. The molecule has 1 saturated carbocycles. The lowest BCUT2D eigenvalue weighted by Crippen LogP contribution is -2.36. The molecule has 1 fully saturated rings. The van der Waals surface area contributed by atoms with E-state index in [2.05, 4.69) is 30.0 Å². The summed E-state index contributed by atoms with van der Waals surface area (Å²) in [6.45, 7) is 4.11. The first-order valence-electron chi connectivity index (χ1n) is 11.0. The molecule has 0 aliphatic heterocycles. The lowest BCUT2D eigenvalue weighted by molar-refractivity contribution is 0.0687. The Balaban J connectivity index is 1.52. The van der Waals surface area contributed by atoms with E-state index in [1.54, 1.807) is 31.5 Å². The number of aromatic nitrogens is 4. The molecular weight excluding hydrogens is 492 g/mol. The zero-order valence-electron chi connectivity index (χ0n) is 19.5. The maximum atomic E-state index is 13.1. The number of carbonyl (C=O) groups excluding carboxylic acids is 1. The summed E-state index contributed by atoms with van der Waals surface area (Å²) in [5.41, 5.74) is 1.39. The molecule has 0 spiro atoms. The van der Waals surface area contributed by atoms with Gasteiger partial charge in [0.2, 0.25) is 15.9 Å². The van der Waals surface area contributed by atoms with Crippen molar-refractivity contribution in [3.63, 3.8) is 0 Å². The smallest absolute Gasteiger partial charge is 0.280 e.